The number of hydrogen-bond donors (Lipinski definition) is 0. The van der Waals surface area contributed by atoms with Crippen LogP contribution in [0, 0.1) is 11.5 Å². The van der Waals surface area contributed by atoms with E-state index in [1.54, 1.807) is 13.1 Å². The summed E-state index contributed by atoms with van der Waals surface area (Å²) in [5.41, 5.74) is 0.0193. The number of ether oxygens (including phenoxy) is 1. The number of carbonyl (C=O) groups is 1. The average Bonchev–Trinajstić information content (AvgIpc) is 2.31. The van der Waals surface area contributed by atoms with Crippen LogP contribution in [0.5, 0.6) is 0 Å². The molecule has 1 rings (SSSR count). The molecule has 0 heterocycles. The predicted molar refractivity (Wildman–Crippen MR) is 56.5 cm³/mol. The van der Waals surface area contributed by atoms with Crippen molar-refractivity contribution in [3.63, 3.8) is 0 Å². The van der Waals surface area contributed by atoms with Gasteiger partial charge in [-0.1, -0.05) is 12.1 Å². The van der Waals surface area contributed by atoms with Crippen LogP contribution in [0.25, 0.3) is 0 Å². The lowest BCUT2D eigenvalue weighted by molar-refractivity contribution is 0.151. The maximum atomic E-state index is 12.3. The second-order valence-corrected chi connectivity index (χ2v) is 3.03. The summed E-state index contributed by atoms with van der Waals surface area (Å²) in [5, 5.41) is 8.78. The Morgan fingerprint density at radius 2 is 2.06 bits per heavy atom. The van der Waals surface area contributed by atoms with E-state index in [-0.39, 0.29) is 17.9 Å². The number of amides is 1. The molecule has 4 nitrogen and oxygen atoms in total. The summed E-state index contributed by atoms with van der Waals surface area (Å²) < 4.78 is 29.2. The van der Waals surface area contributed by atoms with Gasteiger partial charge in [0.1, 0.15) is 0 Å². The standard InChI is InChI=1S/C11H10F2N2O2/c1-2-17-11(16)15(7-14)9-5-3-8(4-6-9)10(12)13/h3-6,10H,2H2,1H3. The fourth-order valence-corrected chi connectivity index (χ4v) is 1.16. The van der Waals surface area contributed by atoms with Crippen LogP contribution in [0.4, 0.5) is 19.3 Å². The summed E-state index contributed by atoms with van der Waals surface area (Å²) in [6, 6.07) is 4.84. The van der Waals surface area contributed by atoms with Crippen molar-refractivity contribution >= 4 is 11.8 Å². The van der Waals surface area contributed by atoms with E-state index in [0.717, 1.165) is 12.1 Å². The molecular weight excluding hydrogens is 230 g/mol. The van der Waals surface area contributed by atoms with Crippen LogP contribution in [0.1, 0.15) is 18.9 Å². The van der Waals surface area contributed by atoms with Gasteiger partial charge in [0.25, 0.3) is 6.43 Å². The third-order valence-corrected chi connectivity index (χ3v) is 1.95. The maximum absolute atomic E-state index is 12.3. The van der Waals surface area contributed by atoms with Crippen molar-refractivity contribution in [1.29, 1.82) is 5.26 Å². The lowest BCUT2D eigenvalue weighted by Gasteiger charge is -2.13. The van der Waals surface area contributed by atoms with Crippen molar-refractivity contribution in [3.05, 3.63) is 29.8 Å². The molecule has 90 valence electrons. The topological polar surface area (TPSA) is 53.3 Å². The molecule has 0 saturated heterocycles. The third-order valence-electron chi connectivity index (χ3n) is 1.95. The molecule has 0 saturated carbocycles. The van der Waals surface area contributed by atoms with Gasteiger partial charge in [0, 0.05) is 5.56 Å². The number of nitrogens with zero attached hydrogens (tertiary/aromatic N) is 2. The molecule has 0 aliphatic rings. The molecule has 0 aromatic heterocycles. The molecule has 0 N–H and O–H groups in total. The Balaban J connectivity index is 2.91. The minimum atomic E-state index is -2.58. The Bertz CT molecular complexity index is 426. The molecule has 0 radical (unpaired) electrons. The minimum absolute atomic E-state index is 0.131. The van der Waals surface area contributed by atoms with Gasteiger partial charge in [0.05, 0.1) is 12.3 Å². The van der Waals surface area contributed by atoms with Crippen LogP contribution >= 0.6 is 0 Å². The zero-order valence-corrected chi connectivity index (χ0v) is 9.06. The molecule has 1 aromatic carbocycles. The van der Waals surface area contributed by atoms with Crippen molar-refractivity contribution in [2.45, 2.75) is 13.3 Å². The zero-order chi connectivity index (χ0) is 12.8. The number of benzene rings is 1. The molecule has 6 heteroatoms. The van der Waals surface area contributed by atoms with Crippen molar-refractivity contribution in [2.24, 2.45) is 0 Å². The SMILES string of the molecule is CCOC(=O)N(C#N)c1ccc(C(F)F)cc1. The molecule has 0 aliphatic heterocycles. The molecule has 0 bridgehead atoms. The van der Waals surface area contributed by atoms with Gasteiger partial charge in [-0.3, -0.25) is 0 Å². The smallest absolute Gasteiger partial charge is 0.427 e. The van der Waals surface area contributed by atoms with Crippen molar-refractivity contribution in [3.8, 4) is 6.19 Å². The van der Waals surface area contributed by atoms with Gasteiger partial charge in [-0.25, -0.2) is 13.6 Å². The summed E-state index contributed by atoms with van der Waals surface area (Å²) in [7, 11) is 0. The second-order valence-electron chi connectivity index (χ2n) is 3.03. The van der Waals surface area contributed by atoms with Gasteiger partial charge in [-0.2, -0.15) is 10.2 Å². The highest BCUT2D eigenvalue weighted by atomic mass is 19.3. The summed E-state index contributed by atoms with van der Waals surface area (Å²) in [4.78, 5) is 12.0. The number of halogens is 2. The largest absolute Gasteiger partial charge is 0.449 e. The molecule has 0 atom stereocenters. The number of carbonyl (C=O) groups excluding carboxylic acids is 1. The lowest BCUT2D eigenvalue weighted by atomic mass is 10.2. The van der Waals surface area contributed by atoms with Gasteiger partial charge in [-0.15, -0.1) is 0 Å². The second kappa shape index (κ2) is 5.80. The number of nitriles is 1. The van der Waals surface area contributed by atoms with E-state index in [9.17, 15) is 13.6 Å². The van der Waals surface area contributed by atoms with E-state index in [1.807, 2.05) is 0 Å². The van der Waals surface area contributed by atoms with Crippen molar-refractivity contribution < 1.29 is 18.3 Å². The first kappa shape index (κ1) is 12.9. The number of alkyl halides is 2. The highest BCUT2D eigenvalue weighted by Crippen LogP contribution is 2.22. The molecule has 1 aromatic rings. The highest BCUT2D eigenvalue weighted by Gasteiger charge is 2.17. The fourth-order valence-electron chi connectivity index (χ4n) is 1.16. The van der Waals surface area contributed by atoms with Gasteiger partial charge in [0.15, 0.2) is 6.19 Å². The van der Waals surface area contributed by atoms with Crippen molar-refractivity contribution in [2.75, 3.05) is 11.5 Å². The summed E-state index contributed by atoms with van der Waals surface area (Å²) in [6.07, 6.45) is -1.79. The normalized spacial score (nSPS) is 9.82. The Labute approximate surface area is 97.0 Å². The first-order valence-electron chi connectivity index (χ1n) is 4.84. The minimum Gasteiger partial charge on any atom is -0.449 e. The molecular formula is C11H10F2N2O2. The molecule has 0 aliphatic carbocycles. The van der Waals surface area contributed by atoms with Crippen LogP contribution in [-0.4, -0.2) is 12.7 Å². The predicted octanol–water partition coefficient (Wildman–Crippen LogP) is 3.07. The number of rotatable bonds is 3. The van der Waals surface area contributed by atoms with E-state index in [4.69, 9.17) is 5.26 Å². The Morgan fingerprint density at radius 3 is 2.47 bits per heavy atom. The van der Waals surface area contributed by atoms with Crippen LogP contribution in [0.15, 0.2) is 24.3 Å². The van der Waals surface area contributed by atoms with Gasteiger partial charge in [0.2, 0.25) is 0 Å². The molecule has 1 amide bonds. The van der Waals surface area contributed by atoms with E-state index < -0.39 is 12.5 Å². The van der Waals surface area contributed by atoms with Gasteiger partial charge in [-0.05, 0) is 19.1 Å². The zero-order valence-electron chi connectivity index (χ0n) is 9.06. The summed E-state index contributed by atoms with van der Waals surface area (Å²) in [5.74, 6) is 0. The van der Waals surface area contributed by atoms with Gasteiger partial charge < -0.3 is 4.74 Å². The maximum Gasteiger partial charge on any atom is 0.427 e. The first-order chi connectivity index (χ1) is 8.10. The van der Waals surface area contributed by atoms with E-state index >= 15 is 0 Å². The Morgan fingerprint density at radius 1 is 1.47 bits per heavy atom. The molecule has 0 fully saturated rings. The van der Waals surface area contributed by atoms with Crippen molar-refractivity contribution in [1.82, 2.24) is 0 Å². The Kier molecular flexibility index (Phi) is 4.40. The van der Waals surface area contributed by atoms with E-state index in [2.05, 4.69) is 4.74 Å². The average molecular weight is 240 g/mol. The van der Waals surface area contributed by atoms with Gasteiger partial charge >= 0.3 is 6.09 Å². The van der Waals surface area contributed by atoms with Crippen LogP contribution in [0.2, 0.25) is 0 Å². The number of hydrogen-bond acceptors (Lipinski definition) is 3. The molecule has 0 unspecified atom stereocenters. The fraction of sp³-hybridized carbons (Fsp3) is 0.273. The first-order valence-corrected chi connectivity index (χ1v) is 4.84. The molecule has 17 heavy (non-hydrogen) atoms. The van der Waals surface area contributed by atoms with Crippen LogP contribution < -0.4 is 4.90 Å². The third kappa shape index (κ3) is 3.14. The Hall–Kier alpha value is -2.16. The monoisotopic (exact) mass is 240 g/mol. The van der Waals surface area contributed by atoms with E-state index in [0.29, 0.717) is 4.90 Å². The number of anilines is 1. The molecule has 0 spiro atoms. The van der Waals surface area contributed by atoms with E-state index in [1.165, 1.54) is 12.1 Å². The van der Waals surface area contributed by atoms with Crippen LogP contribution in [0.3, 0.4) is 0 Å². The highest BCUT2D eigenvalue weighted by molar-refractivity contribution is 5.90. The lowest BCUT2D eigenvalue weighted by Crippen LogP contribution is -2.26. The van der Waals surface area contributed by atoms with Crippen LogP contribution in [-0.2, 0) is 4.74 Å². The quantitative estimate of drug-likeness (QED) is 0.602. The summed E-state index contributed by atoms with van der Waals surface area (Å²) in [6.45, 7) is 1.74. The summed E-state index contributed by atoms with van der Waals surface area (Å²) >= 11 is 0.